The summed E-state index contributed by atoms with van der Waals surface area (Å²) in [5.41, 5.74) is 1.84. The van der Waals surface area contributed by atoms with Crippen LogP contribution in [0.1, 0.15) is 45.2 Å². The average molecular weight is 381 g/mol. The number of carbonyl (C=O) groups is 1. The van der Waals surface area contributed by atoms with Gasteiger partial charge < -0.3 is 15.0 Å². The van der Waals surface area contributed by atoms with Crippen molar-refractivity contribution < 1.29 is 9.53 Å². The molecule has 2 heterocycles. The Bertz CT molecular complexity index is 869. The van der Waals surface area contributed by atoms with Crippen molar-refractivity contribution in [3.63, 3.8) is 0 Å². The highest BCUT2D eigenvalue weighted by atomic mass is 16.5. The molecule has 3 atom stereocenters. The lowest BCUT2D eigenvalue weighted by molar-refractivity contribution is -0.121. The molecule has 0 radical (unpaired) electrons. The zero-order valence-corrected chi connectivity index (χ0v) is 16.7. The lowest BCUT2D eigenvalue weighted by Gasteiger charge is -2.37. The van der Waals surface area contributed by atoms with Crippen molar-refractivity contribution in [2.45, 2.75) is 51.7 Å². The minimum absolute atomic E-state index is 0.0313. The molecule has 0 aliphatic carbocycles. The molecule has 1 saturated heterocycles. The van der Waals surface area contributed by atoms with E-state index in [1.807, 2.05) is 38.1 Å². The minimum Gasteiger partial charge on any atom is -0.372 e. The van der Waals surface area contributed by atoms with Gasteiger partial charge in [-0.1, -0.05) is 25.5 Å². The number of anilines is 1. The maximum Gasteiger partial charge on any atom is 0.243 e. The van der Waals surface area contributed by atoms with Gasteiger partial charge in [-0.15, -0.1) is 0 Å². The molecule has 0 saturated carbocycles. The number of hydrogen-bond acceptors (Lipinski definition) is 6. The van der Waals surface area contributed by atoms with Crippen LogP contribution < -0.4 is 10.2 Å². The maximum atomic E-state index is 12.7. The lowest BCUT2D eigenvalue weighted by Crippen LogP contribution is -2.46. The zero-order valence-electron chi connectivity index (χ0n) is 16.7. The van der Waals surface area contributed by atoms with Gasteiger partial charge in [0.15, 0.2) is 11.7 Å². The molecule has 1 aliphatic heterocycles. The number of rotatable bonds is 6. The number of nitrogens with one attached hydrogen (secondary N) is 1. The van der Waals surface area contributed by atoms with Crippen LogP contribution in [0.4, 0.5) is 5.82 Å². The summed E-state index contributed by atoms with van der Waals surface area (Å²) >= 11 is 0. The number of aromatic nitrogens is 2. The van der Waals surface area contributed by atoms with Crippen LogP contribution >= 0.6 is 0 Å². The van der Waals surface area contributed by atoms with Crippen molar-refractivity contribution in [1.82, 2.24) is 15.3 Å². The Hall–Kier alpha value is -2.72. The highest BCUT2D eigenvalue weighted by molar-refractivity contribution is 5.88. The van der Waals surface area contributed by atoms with Gasteiger partial charge in [0.05, 0.1) is 29.3 Å². The van der Waals surface area contributed by atoms with Crippen molar-refractivity contribution in [3.8, 4) is 6.07 Å². The summed E-state index contributed by atoms with van der Waals surface area (Å²) in [6.45, 7) is 7.91. The number of hydrogen-bond donors (Lipinski definition) is 1. The second-order valence-electron chi connectivity index (χ2n) is 7.29. The summed E-state index contributed by atoms with van der Waals surface area (Å²) in [4.78, 5) is 24.3. The number of para-hydroxylation sites is 2. The number of nitrogens with zero attached hydrogens (tertiary/aromatic N) is 4. The number of fused-ring (bicyclic) bond motifs is 1. The van der Waals surface area contributed by atoms with Gasteiger partial charge in [-0.05, 0) is 32.4 Å². The van der Waals surface area contributed by atoms with E-state index in [1.165, 1.54) is 0 Å². The number of amides is 1. The monoisotopic (exact) mass is 381 g/mol. The summed E-state index contributed by atoms with van der Waals surface area (Å²) in [5.74, 6) is -0.730. The number of nitriles is 1. The molecule has 0 spiro atoms. The fraction of sp³-hybridized carbons (Fsp3) is 0.524. The van der Waals surface area contributed by atoms with E-state index in [1.54, 1.807) is 0 Å². The molecule has 1 aliphatic rings. The normalized spacial score (nSPS) is 20.6. The van der Waals surface area contributed by atoms with Crippen LogP contribution in [0.2, 0.25) is 0 Å². The van der Waals surface area contributed by atoms with Crippen LogP contribution in [0, 0.1) is 11.3 Å². The second-order valence-corrected chi connectivity index (χ2v) is 7.29. The highest BCUT2D eigenvalue weighted by Gasteiger charge is 2.31. The Labute approximate surface area is 165 Å². The Kier molecular flexibility index (Phi) is 6.42. The third-order valence-corrected chi connectivity index (χ3v) is 4.79. The van der Waals surface area contributed by atoms with Gasteiger partial charge in [-0.25, -0.2) is 9.97 Å². The summed E-state index contributed by atoms with van der Waals surface area (Å²) in [5, 5.41) is 12.6. The third-order valence-electron chi connectivity index (χ3n) is 4.79. The van der Waals surface area contributed by atoms with E-state index < -0.39 is 5.92 Å². The largest absolute Gasteiger partial charge is 0.372 e. The van der Waals surface area contributed by atoms with Crippen LogP contribution in [0.25, 0.3) is 11.0 Å². The van der Waals surface area contributed by atoms with E-state index >= 15 is 0 Å². The van der Waals surface area contributed by atoms with Gasteiger partial charge in [0.2, 0.25) is 5.91 Å². The van der Waals surface area contributed by atoms with E-state index in [0.29, 0.717) is 36.7 Å². The van der Waals surface area contributed by atoms with E-state index in [9.17, 15) is 10.1 Å². The van der Waals surface area contributed by atoms with Crippen molar-refractivity contribution in [3.05, 3.63) is 30.0 Å². The summed E-state index contributed by atoms with van der Waals surface area (Å²) < 4.78 is 5.83. The first-order valence-corrected chi connectivity index (χ1v) is 9.87. The van der Waals surface area contributed by atoms with Crippen LogP contribution in [-0.4, -0.2) is 47.7 Å². The first kappa shape index (κ1) is 20.0. The first-order valence-electron chi connectivity index (χ1n) is 9.87. The van der Waals surface area contributed by atoms with Gasteiger partial charge in [-0.3, -0.25) is 4.79 Å². The molecule has 7 nitrogen and oxygen atoms in total. The Morgan fingerprint density at radius 3 is 2.54 bits per heavy atom. The predicted molar refractivity (Wildman–Crippen MR) is 108 cm³/mol. The molecular formula is C21H27N5O2. The molecule has 7 heteroatoms. The first-order chi connectivity index (χ1) is 13.5. The van der Waals surface area contributed by atoms with Crippen LogP contribution in [0.5, 0.6) is 0 Å². The predicted octanol–water partition coefficient (Wildman–Crippen LogP) is 2.77. The van der Waals surface area contributed by atoms with Gasteiger partial charge >= 0.3 is 0 Å². The molecule has 1 aromatic heterocycles. The molecule has 1 aromatic carbocycles. The summed E-state index contributed by atoms with van der Waals surface area (Å²) in [7, 11) is 0. The molecule has 2 aromatic rings. The quantitative estimate of drug-likeness (QED) is 0.774. The summed E-state index contributed by atoms with van der Waals surface area (Å²) in [6.07, 6.45) is 1.91. The average Bonchev–Trinajstić information content (AvgIpc) is 2.67. The van der Waals surface area contributed by atoms with E-state index in [4.69, 9.17) is 14.7 Å². The van der Waals surface area contributed by atoms with E-state index in [0.717, 1.165) is 18.4 Å². The Morgan fingerprint density at radius 1 is 1.29 bits per heavy atom. The van der Waals surface area contributed by atoms with Crippen molar-refractivity contribution in [2.24, 2.45) is 0 Å². The standard InChI is InChI=1S/C21H27N5O2/c1-4-5-10-23-21(27)16(11-22)19-20(26-12-14(2)28-15(3)13-26)25-18-9-7-6-8-17(18)24-19/h6-9,14-16H,4-5,10,12-13H2,1-3H3,(H,23,27)/t14-,15-,16-/m1/s1. The maximum absolute atomic E-state index is 12.7. The SMILES string of the molecule is CCCCNC(=O)[C@H](C#N)c1nc2ccccc2nc1N1C[C@@H](C)O[C@H](C)C1. The van der Waals surface area contributed by atoms with E-state index in [2.05, 4.69) is 23.2 Å². The number of benzene rings is 1. The van der Waals surface area contributed by atoms with Crippen molar-refractivity contribution in [2.75, 3.05) is 24.5 Å². The van der Waals surface area contributed by atoms with E-state index in [-0.39, 0.29) is 18.1 Å². The number of carbonyl (C=O) groups excluding carboxylic acids is 1. The fourth-order valence-electron chi connectivity index (χ4n) is 3.52. The van der Waals surface area contributed by atoms with Crippen LogP contribution in [0.3, 0.4) is 0 Å². The zero-order chi connectivity index (χ0) is 20.1. The van der Waals surface area contributed by atoms with Crippen molar-refractivity contribution in [1.29, 1.82) is 5.26 Å². The smallest absolute Gasteiger partial charge is 0.243 e. The molecule has 3 rings (SSSR count). The minimum atomic E-state index is -1.00. The second kappa shape index (κ2) is 8.98. The molecular weight excluding hydrogens is 354 g/mol. The topological polar surface area (TPSA) is 91.1 Å². The van der Waals surface area contributed by atoms with Gasteiger partial charge in [0.25, 0.3) is 0 Å². The van der Waals surface area contributed by atoms with Gasteiger partial charge in [-0.2, -0.15) is 5.26 Å². The molecule has 148 valence electrons. The molecule has 0 unspecified atom stereocenters. The summed E-state index contributed by atoms with van der Waals surface area (Å²) in [6, 6.07) is 9.67. The third kappa shape index (κ3) is 4.39. The lowest BCUT2D eigenvalue weighted by atomic mass is 10.0. The Morgan fingerprint density at radius 2 is 1.93 bits per heavy atom. The van der Waals surface area contributed by atoms with Crippen LogP contribution in [-0.2, 0) is 9.53 Å². The van der Waals surface area contributed by atoms with Crippen molar-refractivity contribution >= 4 is 22.8 Å². The Balaban J connectivity index is 2.03. The van der Waals surface area contributed by atoms with Crippen LogP contribution in [0.15, 0.2) is 24.3 Å². The number of unbranched alkanes of at least 4 members (excludes halogenated alkanes) is 1. The number of morpholine rings is 1. The molecule has 1 amide bonds. The fourth-order valence-corrected chi connectivity index (χ4v) is 3.52. The number of ether oxygens (including phenoxy) is 1. The molecule has 1 fully saturated rings. The molecule has 1 N–H and O–H groups in total. The molecule has 0 bridgehead atoms. The van der Waals surface area contributed by atoms with Gasteiger partial charge in [0.1, 0.15) is 5.69 Å². The highest BCUT2D eigenvalue weighted by Crippen LogP contribution is 2.29. The van der Waals surface area contributed by atoms with Gasteiger partial charge in [0, 0.05) is 19.6 Å². The molecule has 28 heavy (non-hydrogen) atoms.